The molecule has 0 radical (unpaired) electrons. The van der Waals surface area contributed by atoms with Crippen molar-refractivity contribution in [1.82, 2.24) is 9.97 Å². The van der Waals surface area contributed by atoms with E-state index in [1.165, 1.54) is 24.7 Å². The number of allylic oxidation sites excluding steroid dienone is 1. The summed E-state index contributed by atoms with van der Waals surface area (Å²) in [5, 5.41) is 10.5. The second-order valence-corrected chi connectivity index (χ2v) is 11.1. The molecule has 2 heterocycles. The molecule has 1 aromatic rings. The normalized spacial score (nSPS) is 35.1. The van der Waals surface area contributed by atoms with Gasteiger partial charge in [-0.05, 0) is 73.7 Å². The first-order chi connectivity index (χ1) is 15.1. The Balaban J connectivity index is 1.45. The molecule has 4 rings (SSSR count). The third kappa shape index (κ3) is 3.70. The fraction of sp³-hybridized carbons (Fsp3) is 0.692. The first-order valence-electron chi connectivity index (χ1n) is 12.2. The lowest BCUT2D eigenvalue weighted by molar-refractivity contribution is -0.0730. The van der Waals surface area contributed by atoms with E-state index in [0.29, 0.717) is 17.7 Å². The van der Waals surface area contributed by atoms with Gasteiger partial charge < -0.3 is 20.6 Å². The van der Waals surface area contributed by atoms with Gasteiger partial charge in [0.05, 0.1) is 12.8 Å². The summed E-state index contributed by atoms with van der Waals surface area (Å²) >= 11 is 0. The van der Waals surface area contributed by atoms with Gasteiger partial charge in [-0.1, -0.05) is 39.0 Å². The largest absolute Gasteiger partial charge is 0.389 e. The number of nitrogens with zero attached hydrogens (tertiary/aromatic N) is 4. The van der Waals surface area contributed by atoms with Crippen LogP contribution in [-0.4, -0.2) is 41.4 Å². The summed E-state index contributed by atoms with van der Waals surface area (Å²) < 4.78 is 0. The van der Waals surface area contributed by atoms with Crippen molar-refractivity contribution in [1.29, 1.82) is 0 Å². The smallest absolute Gasteiger partial charge is 0.159 e. The van der Waals surface area contributed by atoms with Gasteiger partial charge in [0, 0.05) is 13.6 Å². The summed E-state index contributed by atoms with van der Waals surface area (Å²) in [5.74, 6) is 2.74. The summed E-state index contributed by atoms with van der Waals surface area (Å²) in [7, 11) is 2.04. The molecule has 3 N–H and O–H groups in total. The van der Waals surface area contributed by atoms with Crippen LogP contribution >= 0.6 is 0 Å². The van der Waals surface area contributed by atoms with Crippen LogP contribution in [0.5, 0.6) is 0 Å². The predicted molar refractivity (Wildman–Crippen MR) is 133 cm³/mol. The van der Waals surface area contributed by atoms with Gasteiger partial charge in [0.15, 0.2) is 11.6 Å². The molecule has 1 aliphatic heterocycles. The molecule has 0 aromatic carbocycles. The molecule has 5 atom stereocenters. The number of aliphatic hydroxyl groups excluding tert-OH is 1. The zero-order valence-electron chi connectivity index (χ0n) is 20.6. The van der Waals surface area contributed by atoms with Crippen LogP contribution in [-0.2, 0) is 0 Å². The van der Waals surface area contributed by atoms with Crippen LogP contribution in [0.2, 0.25) is 0 Å². The molecular formula is C26H41N5O. The minimum absolute atomic E-state index is 0.0674. The quantitative estimate of drug-likeness (QED) is 0.644. The standard InChI is InChI=1S/C26H41N5O/c1-17(11-14-31-16-30(6)24-22(31)23(27)28-15-29-24)9-12-25(4)18(2)10-13-26(5)19(3)20(32)7-8-21(25)26/h11,15,18,20-21,32H,3,7-10,12-14,16H2,1-2,4-6H3,(H2,27,28,29)/b17-11+/t18-,20+,21-,25+,26-/m0/s1. The molecule has 6 nitrogen and oxygen atoms in total. The number of hydrogen-bond acceptors (Lipinski definition) is 6. The predicted octanol–water partition coefficient (Wildman–Crippen LogP) is 4.77. The zero-order valence-corrected chi connectivity index (χ0v) is 20.6. The molecule has 2 fully saturated rings. The van der Waals surface area contributed by atoms with Crippen molar-refractivity contribution in [2.24, 2.45) is 22.7 Å². The molecule has 0 spiro atoms. The molecule has 32 heavy (non-hydrogen) atoms. The highest BCUT2D eigenvalue weighted by Gasteiger charge is 2.55. The number of hydrogen-bond donors (Lipinski definition) is 2. The fourth-order valence-corrected chi connectivity index (χ4v) is 6.77. The fourth-order valence-electron chi connectivity index (χ4n) is 6.77. The van der Waals surface area contributed by atoms with E-state index in [-0.39, 0.29) is 16.9 Å². The Hall–Kier alpha value is -2.08. The van der Waals surface area contributed by atoms with E-state index in [4.69, 9.17) is 5.73 Å². The Kier molecular flexibility index (Phi) is 6.03. The number of aliphatic hydroxyl groups is 1. The molecule has 0 amide bonds. The monoisotopic (exact) mass is 439 g/mol. The SMILES string of the molecule is C=C1[C@H](O)CC[C@H]2[C@](C)(CC/C(C)=C/CN3CN(C)c4ncnc(N)c43)[C@@H](C)CC[C@@]12C. The van der Waals surface area contributed by atoms with Crippen molar-refractivity contribution in [2.45, 2.75) is 72.3 Å². The van der Waals surface area contributed by atoms with Crippen molar-refractivity contribution >= 4 is 17.3 Å². The average molecular weight is 440 g/mol. The lowest BCUT2D eigenvalue weighted by Crippen LogP contribution is -2.52. The number of rotatable bonds is 5. The van der Waals surface area contributed by atoms with Crippen molar-refractivity contribution in [3.63, 3.8) is 0 Å². The Labute approximate surface area is 193 Å². The molecule has 1 aromatic heterocycles. The van der Waals surface area contributed by atoms with Crippen LogP contribution in [0.1, 0.15) is 66.2 Å². The van der Waals surface area contributed by atoms with Gasteiger partial charge >= 0.3 is 0 Å². The first kappa shape index (κ1) is 23.1. The maximum atomic E-state index is 10.5. The summed E-state index contributed by atoms with van der Waals surface area (Å²) in [4.78, 5) is 13.0. The van der Waals surface area contributed by atoms with Crippen LogP contribution in [0, 0.1) is 22.7 Å². The van der Waals surface area contributed by atoms with Gasteiger partial charge in [0.1, 0.15) is 12.0 Å². The van der Waals surface area contributed by atoms with E-state index < -0.39 is 0 Å². The van der Waals surface area contributed by atoms with Crippen molar-refractivity contribution in [3.05, 3.63) is 30.1 Å². The molecule has 2 aliphatic carbocycles. The minimum atomic E-state index is -0.326. The number of aromatic nitrogens is 2. The van der Waals surface area contributed by atoms with E-state index in [0.717, 1.165) is 56.0 Å². The zero-order chi connectivity index (χ0) is 23.3. The Morgan fingerprint density at radius 2 is 2.06 bits per heavy atom. The second-order valence-electron chi connectivity index (χ2n) is 11.1. The summed E-state index contributed by atoms with van der Waals surface area (Å²) in [6.07, 6.45) is 10.2. The van der Waals surface area contributed by atoms with Crippen molar-refractivity contribution in [3.8, 4) is 0 Å². The molecule has 176 valence electrons. The van der Waals surface area contributed by atoms with E-state index in [1.54, 1.807) is 0 Å². The van der Waals surface area contributed by atoms with Crippen LogP contribution in [0.15, 0.2) is 30.1 Å². The van der Waals surface area contributed by atoms with Gasteiger partial charge in [-0.25, -0.2) is 9.97 Å². The number of fused-ring (bicyclic) bond motifs is 2. The number of nitrogens with two attached hydrogens (primary N) is 1. The van der Waals surface area contributed by atoms with Gasteiger partial charge in [-0.15, -0.1) is 0 Å². The number of anilines is 3. The van der Waals surface area contributed by atoms with Crippen LogP contribution in [0.4, 0.5) is 17.3 Å². The summed E-state index contributed by atoms with van der Waals surface area (Å²) in [6, 6.07) is 0. The van der Waals surface area contributed by atoms with Crippen molar-refractivity contribution in [2.75, 3.05) is 35.8 Å². The van der Waals surface area contributed by atoms with Crippen LogP contribution < -0.4 is 15.5 Å². The highest BCUT2D eigenvalue weighted by atomic mass is 16.3. The molecule has 2 saturated carbocycles. The topological polar surface area (TPSA) is 78.5 Å². The van der Waals surface area contributed by atoms with Gasteiger partial charge in [0.2, 0.25) is 0 Å². The molecule has 0 unspecified atom stereocenters. The van der Waals surface area contributed by atoms with E-state index in [2.05, 4.69) is 60.1 Å². The van der Waals surface area contributed by atoms with Gasteiger partial charge in [0.25, 0.3) is 0 Å². The second kappa shape index (κ2) is 8.36. The van der Waals surface area contributed by atoms with E-state index >= 15 is 0 Å². The van der Waals surface area contributed by atoms with Crippen LogP contribution in [0.3, 0.4) is 0 Å². The first-order valence-corrected chi connectivity index (χ1v) is 12.2. The molecule has 3 aliphatic rings. The summed E-state index contributed by atoms with van der Waals surface area (Å²) in [5.41, 5.74) is 9.93. The van der Waals surface area contributed by atoms with Gasteiger partial charge in [-0.3, -0.25) is 0 Å². The highest BCUT2D eigenvalue weighted by molar-refractivity contribution is 5.81. The van der Waals surface area contributed by atoms with Gasteiger partial charge in [-0.2, -0.15) is 0 Å². The summed E-state index contributed by atoms with van der Waals surface area (Å²) in [6.45, 7) is 15.5. The lowest BCUT2D eigenvalue weighted by Gasteiger charge is -2.59. The van der Waals surface area contributed by atoms with E-state index in [1.807, 2.05) is 7.05 Å². The average Bonchev–Trinajstić information content (AvgIpc) is 3.09. The molecule has 0 saturated heterocycles. The van der Waals surface area contributed by atoms with E-state index in [9.17, 15) is 5.11 Å². The third-order valence-corrected chi connectivity index (χ3v) is 9.26. The lowest BCUT2D eigenvalue weighted by atomic mass is 9.46. The number of nitrogen functional groups attached to an aromatic ring is 1. The van der Waals surface area contributed by atoms with Crippen LogP contribution in [0.25, 0.3) is 0 Å². The maximum absolute atomic E-state index is 10.5. The third-order valence-electron chi connectivity index (χ3n) is 9.26. The Morgan fingerprint density at radius 3 is 2.81 bits per heavy atom. The molecule has 0 bridgehead atoms. The maximum Gasteiger partial charge on any atom is 0.159 e. The Bertz CT molecular complexity index is 913. The Morgan fingerprint density at radius 1 is 1.31 bits per heavy atom. The highest BCUT2D eigenvalue weighted by Crippen LogP contribution is 2.62. The minimum Gasteiger partial charge on any atom is -0.389 e. The molecular weight excluding hydrogens is 398 g/mol. The molecule has 6 heteroatoms. The van der Waals surface area contributed by atoms with Crippen molar-refractivity contribution < 1.29 is 5.11 Å².